The quantitative estimate of drug-likeness (QED) is 0.612. The highest BCUT2D eigenvalue weighted by atomic mass is 19.4. The first-order chi connectivity index (χ1) is 10.7. The summed E-state index contributed by atoms with van der Waals surface area (Å²) in [4.78, 5) is 25.2. The number of hydrogen-bond donors (Lipinski definition) is 0. The van der Waals surface area contributed by atoms with Crippen LogP contribution in [0.3, 0.4) is 0 Å². The molecular formula is C14H18F3N3O3. The van der Waals surface area contributed by atoms with Crippen LogP contribution in [0.15, 0.2) is 12.3 Å². The van der Waals surface area contributed by atoms with Crippen LogP contribution in [-0.4, -0.2) is 45.9 Å². The van der Waals surface area contributed by atoms with Gasteiger partial charge in [-0.25, -0.2) is 4.79 Å². The van der Waals surface area contributed by atoms with Crippen molar-refractivity contribution in [1.82, 2.24) is 14.7 Å². The number of piperidine rings is 1. The van der Waals surface area contributed by atoms with Crippen LogP contribution in [0, 0.1) is 5.92 Å². The van der Waals surface area contributed by atoms with Crippen molar-refractivity contribution in [1.29, 1.82) is 0 Å². The summed E-state index contributed by atoms with van der Waals surface area (Å²) in [6.07, 6.45) is -1.64. The molecule has 128 valence electrons. The van der Waals surface area contributed by atoms with Crippen molar-refractivity contribution in [2.75, 3.05) is 13.2 Å². The molecule has 2 rings (SSSR count). The highest BCUT2D eigenvalue weighted by Gasteiger charge is 2.38. The maximum absolute atomic E-state index is 12.2. The lowest BCUT2D eigenvalue weighted by atomic mass is 9.92. The van der Waals surface area contributed by atoms with E-state index in [9.17, 15) is 22.8 Å². The molecule has 0 radical (unpaired) electrons. The molecule has 23 heavy (non-hydrogen) atoms. The lowest BCUT2D eigenvalue weighted by molar-refractivity contribution is -0.190. The Morgan fingerprint density at radius 2 is 2.09 bits per heavy atom. The zero-order valence-electron chi connectivity index (χ0n) is 12.8. The molecule has 6 nitrogen and oxygen atoms in total. The predicted octanol–water partition coefficient (Wildman–Crippen LogP) is 1.83. The van der Waals surface area contributed by atoms with Crippen molar-refractivity contribution in [3.8, 4) is 0 Å². The normalized spacial score (nSPS) is 22.0. The summed E-state index contributed by atoms with van der Waals surface area (Å²) in [7, 11) is 1.71. The summed E-state index contributed by atoms with van der Waals surface area (Å²) < 4.78 is 42.0. The zero-order chi connectivity index (χ0) is 17.2. The molecule has 1 fully saturated rings. The van der Waals surface area contributed by atoms with Gasteiger partial charge in [-0.15, -0.1) is 0 Å². The third-order valence-electron chi connectivity index (χ3n) is 3.82. The molecule has 0 N–H and O–H groups in total. The Morgan fingerprint density at radius 1 is 1.39 bits per heavy atom. The SMILES string of the molecule is C[C@@H]1CC[C@@H](c2ccnn2C)N(C(=O)C(=O)OCC(F)(F)F)C1. The molecule has 0 bridgehead atoms. The molecule has 1 saturated heterocycles. The Balaban J connectivity index is 2.14. The van der Waals surface area contributed by atoms with Crippen LogP contribution < -0.4 is 0 Å². The number of aromatic nitrogens is 2. The molecular weight excluding hydrogens is 315 g/mol. The van der Waals surface area contributed by atoms with E-state index in [2.05, 4.69) is 9.84 Å². The number of nitrogens with zero attached hydrogens (tertiary/aromatic N) is 3. The molecule has 0 aromatic carbocycles. The molecule has 1 aliphatic rings. The first kappa shape index (κ1) is 17.3. The molecule has 0 aliphatic carbocycles. The van der Waals surface area contributed by atoms with E-state index in [0.29, 0.717) is 6.42 Å². The van der Waals surface area contributed by atoms with Gasteiger partial charge >= 0.3 is 18.1 Å². The minimum absolute atomic E-state index is 0.152. The Morgan fingerprint density at radius 3 is 2.65 bits per heavy atom. The van der Waals surface area contributed by atoms with Crippen LogP contribution in [0.5, 0.6) is 0 Å². The number of carbonyl (C=O) groups excluding carboxylic acids is 2. The fourth-order valence-corrected chi connectivity index (χ4v) is 2.72. The van der Waals surface area contributed by atoms with Crippen LogP contribution >= 0.6 is 0 Å². The Kier molecular flexibility index (Phi) is 4.96. The number of rotatable bonds is 2. The van der Waals surface area contributed by atoms with Gasteiger partial charge in [-0.05, 0) is 24.8 Å². The van der Waals surface area contributed by atoms with E-state index in [1.54, 1.807) is 24.0 Å². The van der Waals surface area contributed by atoms with Crippen LogP contribution in [0.25, 0.3) is 0 Å². The number of ether oxygens (including phenoxy) is 1. The average molecular weight is 333 g/mol. The van der Waals surface area contributed by atoms with Gasteiger partial charge in [0, 0.05) is 19.8 Å². The number of amides is 1. The van der Waals surface area contributed by atoms with Gasteiger partial charge in [0.05, 0.1) is 11.7 Å². The fourth-order valence-electron chi connectivity index (χ4n) is 2.72. The molecule has 0 spiro atoms. The second kappa shape index (κ2) is 6.59. The van der Waals surface area contributed by atoms with Crippen LogP contribution in [-0.2, 0) is 21.4 Å². The van der Waals surface area contributed by atoms with E-state index in [1.807, 2.05) is 6.92 Å². The molecule has 2 atom stereocenters. The van der Waals surface area contributed by atoms with Crippen molar-refractivity contribution in [2.45, 2.75) is 32.0 Å². The molecule has 0 unspecified atom stereocenters. The Labute approximate surface area is 131 Å². The van der Waals surface area contributed by atoms with Crippen molar-refractivity contribution < 1.29 is 27.5 Å². The van der Waals surface area contributed by atoms with E-state index in [0.717, 1.165) is 12.1 Å². The number of esters is 1. The van der Waals surface area contributed by atoms with Crippen LogP contribution in [0.2, 0.25) is 0 Å². The maximum Gasteiger partial charge on any atom is 0.422 e. The highest BCUT2D eigenvalue weighted by molar-refractivity contribution is 6.32. The van der Waals surface area contributed by atoms with E-state index >= 15 is 0 Å². The third-order valence-corrected chi connectivity index (χ3v) is 3.82. The van der Waals surface area contributed by atoms with Crippen molar-refractivity contribution >= 4 is 11.9 Å². The van der Waals surface area contributed by atoms with Gasteiger partial charge in [-0.1, -0.05) is 6.92 Å². The van der Waals surface area contributed by atoms with Gasteiger partial charge in [0.1, 0.15) is 0 Å². The first-order valence-corrected chi connectivity index (χ1v) is 7.21. The monoisotopic (exact) mass is 333 g/mol. The van der Waals surface area contributed by atoms with E-state index in [4.69, 9.17) is 0 Å². The molecule has 0 saturated carbocycles. The summed E-state index contributed by atoms with van der Waals surface area (Å²) in [6, 6.07) is 1.33. The second-order valence-electron chi connectivity index (χ2n) is 5.73. The number of halogens is 3. The van der Waals surface area contributed by atoms with Crippen molar-refractivity contribution in [3.05, 3.63) is 18.0 Å². The Bertz CT molecular complexity index is 585. The van der Waals surface area contributed by atoms with Gasteiger partial charge < -0.3 is 9.64 Å². The minimum atomic E-state index is -4.66. The van der Waals surface area contributed by atoms with Gasteiger partial charge in [-0.2, -0.15) is 18.3 Å². The molecule has 1 aromatic rings. The summed E-state index contributed by atoms with van der Waals surface area (Å²) in [5.41, 5.74) is 0.730. The number of alkyl halides is 3. The Hall–Kier alpha value is -2.06. The number of carbonyl (C=O) groups is 2. The molecule has 1 amide bonds. The van der Waals surface area contributed by atoms with Gasteiger partial charge in [0.15, 0.2) is 6.61 Å². The number of aryl methyl sites for hydroxylation is 1. The lowest BCUT2D eigenvalue weighted by Gasteiger charge is -2.37. The first-order valence-electron chi connectivity index (χ1n) is 7.21. The highest BCUT2D eigenvalue weighted by Crippen LogP contribution is 2.33. The smallest absolute Gasteiger partial charge is 0.422 e. The molecule has 2 heterocycles. The van der Waals surface area contributed by atoms with Crippen molar-refractivity contribution in [2.24, 2.45) is 13.0 Å². The summed E-state index contributed by atoms with van der Waals surface area (Å²) in [6.45, 7) is 0.438. The lowest BCUT2D eigenvalue weighted by Crippen LogP contribution is -2.46. The largest absolute Gasteiger partial charge is 0.449 e. The number of likely N-dealkylation sites (tertiary alicyclic amines) is 1. The third kappa shape index (κ3) is 4.23. The van der Waals surface area contributed by atoms with E-state index < -0.39 is 30.7 Å². The molecule has 1 aromatic heterocycles. The summed E-state index contributed by atoms with van der Waals surface area (Å²) in [5, 5.41) is 4.03. The van der Waals surface area contributed by atoms with Crippen molar-refractivity contribution in [3.63, 3.8) is 0 Å². The standard InChI is InChI=1S/C14H18F3N3O3/c1-9-3-4-11(10-5-6-18-19(10)2)20(7-9)12(21)13(22)23-8-14(15,16)17/h5-6,9,11H,3-4,7-8H2,1-2H3/t9-,11+/m1/s1. The van der Waals surface area contributed by atoms with Gasteiger partial charge in [0.25, 0.3) is 0 Å². The second-order valence-corrected chi connectivity index (χ2v) is 5.73. The molecule has 9 heteroatoms. The summed E-state index contributed by atoms with van der Waals surface area (Å²) in [5.74, 6) is -2.38. The maximum atomic E-state index is 12.2. The minimum Gasteiger partial charge on any atom is -0.449 e. The molecule has 1 aliphatic heterocycles. The van der Waals surface area contributed by atoms with E-state index in [1.165, 1.54) is 4.90 Å². The topological polar surface area (TPSA) is 64.4 Å². The van der Waals surface area contributed by atoms with Gasteiger partial charge in [0.2, 0.25) is 0 Å². The van der Waals surface area contributed by atoms with E-state index in [-0.39, 0.29) is 12.5 Å². The number of hydrogen-bond acceptors (Lipinski definition) is 4. The zero-order valence-corrected chi connectivity index (χ0v) is 12.8. The predicted molar refractivity (Wildman–Crippen MR) is 73.1 cm³/mol. The fraction of sp³-hybridized carbons (Fsp3) is 0.643. The van der Waals surface area contributed by atoms with Crippen LogP contribution in [0.1, 0.15) is 31.5 Å². The average Bonchev–Trinajstić information content (AvgIpc) is 2.89. The summed E-state index contributed by atoms with van der Waals surface area (Å²) >= 11 is 0. The van der Waals surface area contributed by atoms with Gasteiger partial charge in [-0.3, -0.25) is 9.48 Å². The van der Waals surface area contributed by atoms with Crippen LogP contribution in [0.4, 0.5) is 13.2 Å².